The number of carbonyl (C=O) groups excluding carboxylic acids is 1. The molecule has 1 fully saturated rings. The van der Waals surface area contributed by atoms with Crippen molar-refractivity contribution in [2.75, 3.05) is 13.2 Å². The van der Waals surface area contributed by atoms with Crippen LogP contribution < -0.4 is 5.73 Å². The fourth-order valence-electron chi connectivity index (χ4n) is 1.94. The highest BCUT2D eigenvalue weighted by atomic mass is 16.5. The third-order valence-electron chi connectivity index (χ3n) is 2.93. The first-order valence-electron chi connectivity index (χ1n) is 5.48. The van der Waals surface area contributed by atoms with Crippen molar-refractivity contribution in [2.45, 2.75) is 39.5 Å². The highest BCUT2D eigenvalue weighted by molar-refractivity contribution is 5.77. The average Bonchev–Trinajstić information content (AvgIpc) is 2.63. The van der Waals surface area contributed by atoms with Crippen molar-refractivity contribution in [3.63, 3.8) is 0 Å². The Kier molecular flexibility index (Phi) is 3.93. The van der Waals surface area contributed by atoms with Crippen molar-refractivity contribution in [3.8, 4) is 0 Å². The van der Waals surface area contributed by atoms with E-state index in [9.17, 15) is 4.79 Å². The van der Waals surface area contributed by atoms with E-state index < -0.39 is 0 Å². The molecule has 0 saturated heterocycles. The van der Waals surface area contributed by atoms with E-state index in [1.54, 1.807) is 0 Å². The first-order chi connectivity index (χ1) is 6.60. The zero-order valence-electron chi connectivity index (χ0n) is 9.21. The summed E-state index contributed by atoms with van der Waals surface area (Å²) in [6.07, 6.45) is 4.02. The molecular weight excluding hydrogens is 178 g/mol. The Labute approximate surface area is 86.0 Å². The Balaban J connectivity index is 2.48. The zero-order chi connectivity index (χ0) is 10.6. The molecule has 1 rings (SSSR count). The van der Waals surface area contributed by atoms with Gasteiger partial charge in [0.1, 0.15) is 0 Å². The molecular formula is C11H21NO2. The van der Waals surface area contributed by atoms with Gasteiger partial charge in [-0.2, -0.15) is 0 Å². The van der Waals surface area contributed by atoms with Gasteiger partial charge in [0.25, 0.3) is 0 Å². The molecule has 0 amide bonds. The molecule has 0 unspecified atom stereocenters. The molecule has 1 aliphatic rings. The second-order valence-electron chi connectivity index (χ2n) is 4.68. The number of ether oxygens (including phenoxy) is 1. The second kappa shape index (κ2) is 4.78. The predicted octanol–water partition coefficient (Wildman–Crippen LogP) is 1.70. The lowest BCUT2D eigenvalue weighted by atomic mass is 9.86. The minimum absolute atomic E-state index is 0.0776. The van der Waals surface area contributed by atoms with Crippen LogP contribution in [0.1, 0.15) is 39.5 Å². The molecule has 0 aliphatic heterocycles. The second-order valence-corrected chi connectivity index (χ2v) is 4.68. The van der Waals surface area contributed by atoms with Crippen molar-refractivity contribution in [1.82, 2.24) is 0 Å². The maximum Gasteiger partial charge on any atom is 0.313 e. The minimum atomic E-state index is -0.352. The standard InChI is InChI=1S/C11H21NO2/c1-9(2)7-14-10(13)11(8-12)5-3-4-6-11/h9H,3-8,12H2,1-2H3. The van der Waals surface area contributed by atoms with Crippen molar-refractivity contribution < 1.29 is 9.53 Å². The fourth-order valence-corrected chi connectivity index (χ4v) is 1.94. The average molecular weight is 199 g/mol. The van der Waals surface area contributed by atoms with Crippen LogP contribution in [0.15, 0.2) is 0 Å². The molecule has 0 heterocycles. The molecule has 2 N–H and O–H groups in total. The van der Waals surface area contributed by atoms with Crippen molar-refractivity contribution in [3.05, 3.63) is 0 Å². The number of carbonyl (C=O) groups is 1. The smallest absolute Gasteiger partial charge is 0.313 e. The van der Waals surface area contributed by atoms with Crippen LogP contribution in [0.3, 0.4) is 0 Å². The van der Waals surface area contributed by atoms with Crippen LogP contribution in [0.4, 0.5) is 0 Å². The van der Waals surface area contributed by atoms with E-state index in [1.807, 2.05) is 13.8 Å². The minimum Gasteiger partial charge on any atom is -0.465 e. The molecule has 0 aromatic heterocycles. The highest BCUT2D eigenvalue weighted by Crippen LogP contribution is 2.38. The SMILES string of the molecule is CC(C)COC(=O)C1(CN)CCCC1. The van der Waals surface area contributed by atoms with E-state index >= 15 is 0 Å². The molecule has 0 atom stereocenters. The molecule has 82 valence electrons. The molecule has 0 aromatic carbocycles. The molecule has 0 aromatic rings. The van der Waals surface area contributed by atoms with Crippen LogP contribution in [-0.4, -0.2) is 19.1 Å². The quantitative estimate of drug-likeness (QED) is 0.701. The number of hydrogen-bond acceptors (Lipinski definition) is 3. The number of hydrogen-bond donors (Lipinski definition) is 1. The van der Waals surface area contributed by atoms with E-state index in [1.165, 1.54) is 0 Å². The Bertz CT molecular complexity index is 195. The van der Waals surface area contributed by atoms with Gasteiger partial charge in [0.2, 0.25) is 0 Å². The monoisotopic (exact) mass is 199 g/mol. The van der Waals surface area contributed by atoms with Gasteiger partial charge in [0.15, 0.2) is 0 Å². The van der Waals surface area contributed by atoms with Gasteiger partial charge in [0.05, 0.1) is 12.0 Å². The summed E-state index contributed by atoms with van der Waals surface area (Å²) in [5.41, 5.74) is 5.32. The zero-order valence-corrected chi connectivity index (χ0v) is 9.21. The maximum atomic E-state index is 11.8. The van der Waals surface area contributed by atoms with Gasteiger partial charge in [-0.1, -0.05) is 26.7 Å². The molecule has 3 nitrogen and oxygen atoms in total. The summed E-state index contributed by atoms with van der Waals surface area (Å²) < 4.78 is 5.26. The summed E-state index contributed by atoms with van der Waals surface area (Å²) in [5, 5.41) is 0. The van der Waals surface area contributed by atoms with Gasteiger partial charge in [-0.15, -0.1) is 0 Å². The van der Waals surface area contributed by atoms with Crippen LogP contribution in [0.25, 0.3) is 0 Å². The Morgan fingerprint density at radius 2 is 2.00 bits per heavy atom. The first-order valence-corrected chi connectivity index (χ1v) is 5.48. The molecule has 1 aliphatic carbocycles. The van der Waals surface area contributed by atoms with Crippen LogP contribution >= 0.6 is 0 Å². The van der Waals surface area contributed by atoms with Crippen LogP contribution in [0.5, 0.6) is 0 Å². The Morgan fingerprint density at radius 3 is 2.43 bits per heavy atom. The lowest BCUT2D eigenvalue weighted by molar-refractivity contribution is -0.156. The predicted molar refractivity (Wildman–Crippen MR) is 55.8 cm³/mol. The van der Waals surface area contributed by atoms with Crippen molar-refractivity contribution >= 4 is 5.97 Å². The summed E-state index contributed by atoms with van der Waals surface area (Å²) in [6, 6.07) is 0. The fraction of sp³-hybridized carbons (Fsp3) is 0.909. The number of esters is 1. The third-order valence-corrected chi connectivity index (χ3v) is 2.93. The lowest BCUT2D eigenvalue weighted by Crippen LogP contribution is -2.38. The topological polar surface area (TPSA) is 52.3 Å². The summed E-state index contributed by atoms with van der Waals surface area (Å²) in [6.45, 7) is 5.03. The van der Waals surface area contributed by atoms with Crippen molar-refractivity contribution in [2.24, 2.45) is 17.1 Å². The largest absolute Gasteiger partial charge is 0.465 e. The molecule has 3 heteroatoms. The van der Waals surface area contributed by atoms with E-state index in [-0.39, 0.29) is 11.4 Å². The molecule has 0 radical (unpaired) electrons. The summed E-state index contributed by atoms with van der Waals surface area (Å²) in [5.74, 6) is 0.321. The number of nitrogens with two attached hydrogens (primary N) is 1. The van der Waals surface area contributed by atoms with Gasteiger partial charge in [-0.25, -0.2) is 0 Å². The molecule has 1 saturated carbocycles. The van der Waals surface area contributed by atoms with Gasteiger partial charge < -0.3 is 10.5 Å². The summed E-state index contributed by atoms with van der Waals surface area (Å²) in [7, 11) is 0. The van der Waals surface area contributed by atoms with E-state index in [0.29, 0.717) is 19.1 Å². The van der Waals surface area contributed by atoms with Gasteiger partial charge >= 0.3 is 5.97 Å². The van der Waals surface area contributed by atoms with Crippen molar-refractivity contribution in [1.29, 1.82) is 0 Å². The summed E-state index contributed by atoms with van der Waals surface area (Å²) >= 11 is 0. The third kappa shape index (κ3) is 2.47. The molecule has 0 bridgehead atoms. The number of rotatable bonds is 4. The first kappa shape index (κ1) is 11.5. The summed E-state index contributed by atoms with van der Waals surface area (Å²) in [4.78, 5) is 11.8. The normalized spacial score (nSPS) is 20.0. The van der Waals surface area contributed by atoms with Gasteiger partial charge in [0, 0.05) is 6.54 Å². The van der Waals surface area contributed by atoms with Crippen LogP contribution in [0, 0.1) is 11.3 Å². The van der Waals surface area contributed by atoms with E-state index in [4.69, 9.17) is 10.5 Å². The Morgan fingerprint density at radius 1 is 1.43 bits per heavy atom. The van der Waals surface area contributed by atoms with Gasteiger partial charge in [-0.3, -0.25) is 4.79 Å². The van der Waals surface area contributed by atoms with E-state index in [0.717, 1.165) is 25.7 Å². The molecule has 0 spiro atoms. The van der Waals surface area contributed by atoms with Gasteiger partial charge in [-0.05, 0) is 18.8 Å². The lowest BCUT2D eigenvalue weighted by Gasteiger charge is -2.24. The van der Waals surface area contributed by atoms with Crippen LogP contribution in [-0.2, 0) is 9.53 Å². The Hall–Kier alpha value is -0.570. The maximum absolute atomic E-state index is 11.8. The van der Waals surface area contributed by atoms with E-state index in [2.05, 4.69) is 0 Å². The highest BCUT2D eigenvalue weighted by Gasteiger charge is 2.41. The molecule has 14 heavy (non-hydrogen) atoms. The van der Waals surface area contributed by atoms with Crippen LogP contribution in [0.2, 0.25) is 0 Å².